The summed E-state index contributed by atoms with van der Waals surface area (Å²) >= 11 is 0. The smallest absolute Gasteiger partial charge is 0.306 e. The molecule has 1 unspecified atom stereocenters. The average molecular weight is 665 g/mol. The number of hydrogen-bond donors (Lipinski definition) is 0. The van der Waals surface area contributed by atoms with E-state index in [2.05, 4.69) is 32.9 Å². The fourth-order valence-electron chi connectivity index (χ4n) is 5.67. The number of rotatable bonds is 36. The number of carbonyl (C=O) groups is 3. The number of carbonyl (C=O) groups excluding carboxylic acids is 3. The summed E-state index contributed by atoms with van der Waals surface area (Å²) in [6.07, 6.45) is 36.4. The molecule has 1 atom stereocenters. The van der Waals surface area contributed by atoms with Gasteiger partial charge >= 0.3 is 17.9 Å². The van der Waals surface area contributed by atoms with Gasteiger partial charge in [-0.2, -0.15) is 0 Å². The highest BCUT2D eigenvalue weighted by Crippen LogP contribution is 2.13. The lowest BCUT2D eigenvalue weighted by Gasteiger charge is -2.18. The van der Waals surface area contributed by atoms with Gasteiger partial charge in [-0.15, -0.1) is 0 Å². The molecule has 0 spiro atoms. The van der Waals surface area contributed by atoms with Crippen molar-refractivity contribution >= 4 is 17.9 Å². The van der Waals surface area contributed by atoms with Crippen molar-refractivity contribution in [1.29, 1.82) is 0 Å². The summed E-state index contributed by atoms with van der Waals surface area (Å²) in [5.74, 6) is -0.890. The second-order valence-corrected chi connectivity index (χ2v) is 13.6. The van der Waals surface area contributed by atoms with Crippen molar-refractivity contribution in [2.45, 2.75) is 219 Å². The molecule has 0 heterocycles. The summed E-state index contributed by atoms with van der Waals surface area (Å²) in [5, 5.41) is 0. The van der Waals surface area contributed by atoms with Gasteiger partial charge in [0.2, 0.25) is 0 Å². The lowest BCUT2D eigenvalue weighted by molar-refractivity contribution is -0.167. The summed E-state index contributed by atoms with van der Waals surface area (Å²) in [7, 11) is 0. The van der Waals surface area contributed by atoms with E-state index in [4.69, 9.17) is 14.2 Å². The zero-order valence-corrected chi connectivity index (χ0v) is 31.3. The van der Waals surface area contributed by atoms with Gasteiger partial charge in [-0.05, 0) is 44.9 Å². The maximum absolute atomic E-state index is 12.5. The minimum Gasteiger partial charge on any atom is -0.462 e. The molecule has 276 valence electrons. The molecule has 0 radical (unpaired) electrons. The summed E-state index contributed by atoms with van der Waals surface area (Å²) in [6, 6.07) is 0. The van der Waals surface area contributed by atoms with E-state index < -0.39 is 6.10 Å². The number of esters is 3. The first kappa shape index (κ1) is 45.2. The zero-order valence-electron chi connectivity index (χ0n) is 31.3. The molecule has 47 heavy (non-hydrogen) atoms. The number of unbranched alkanes of at least 4 members (excludes halogenated alkanes) is 23. The van der Waals surface area contributed by atoms with Crippen molar-refractivity contribution in [3.8, 4) is 0 Å². The van der Waals surface area contributed by atoms with E-state index in [1.54, 1.807) is 0 Å². The summed E-state index contributed by atoms with van der Waals surface area (Å²) in [5.41, 5.74) is 0. The third-order valence-corrected chi connectivity index (χ3v) is 8.77. The van der Waals surface area contributed by atoms with Gasteiger partial charge in [-0.3, -0.25) is 14.4 Å². The second kappa shape index (κ2) is 37.0. The third kappa shape index (κ3) is 35.3. The number of ether oxygens (including phenoxy) is 3. The molecular formula is C41H76O6. The molecule has 0 aliphatic rings. The van der Waals surface area contributed by atoms with Crippen molar-refractivity contribution in [2.24, 2.45) is 0 Å². The molecule has 0 aromatic rings. The van der Waals surface area contributed by atoms with E-state index in [1.807, 2.05) is 0 Å². The van der Waals surface area contributed by atoms with Crippen LogP contribution >= 0.6 is 0 Å². The lowest BCUT2D eigenvalue weighted by atomic mass is 10.1. The van der Waals surface area contributed by atoms with Crippen LogP contribution in [-0.2, 0) is 28.6 Å². The standard InChI is InChI=1S/C41H76O6/c1-4-7-10-13-16-18-19-20-21-22-23-26-28-31-34-40(43)46-37-38(36-45-39(42)33-30-27-24-15-12-9-6-3)47-41(44)35-32-29-25-17-14-11-8-5-2/h19-20,38H,4-18,21-37H2,1-3H3/b20-19-. The van der Waals surface area contributed by atoms with Crippen LogP contribution in [0, 0.1) is 0 Å². The molecule has 0 aliphatic carbocycles. The molecule has 0 saturated carbocycles. The third-order valence-electron chi connectivity index (χ3n) is 8.77. The average Bonchev–Trinajstić information content (AvgIpc) is 3.06. The Labute approximate surface area is 290 Å². The van der Waals surface area contributed by atoms with Crippen LogP contribution in [0.25, 0.3) is 0 Å². The topological polar surface area (TPSA) is 78.9 Å². The SMILES string of the molecule is CCCCCCC/C=C\CCCCCCCC(=O)OCC(COC(=O)CCCCCCCCC)OC(=O)CCCCCCCCCC. The largest absolute Gasteiger partial charge is 0.462 e. The van der Waals surface area contributed by atoms with Crippen LogP contribution in [0.1, 0.15) is 213 Å². The van der Waals surface area contributed by atoms with Gasteiger partial charge in [0.05, 0.1) is 0 Å². The van der Waals surface area contributed by atoms with Crippen LogP contribution in [0.4, 0.5) is 0 Å². The van der Waals surface area contributed by atoms with Gasteiger partial charge in [-0.25, -0.2) is 0 Å². The predicted octanol–water partition coefficient (Wildman–Crippen LogP) is 12.3. The van der Waals surface area contributed by atoms with Gasteiger partial charge < -0.3 is 14.2 Å². The summed E-state index contributed by atoms with van der Waals surface area (Å²) in [4.78, 5) is 37.3. The van der Waals surface area contributed by atoms with E-state index in [0.29, 0.717) is 19.3 Å². The lowest BCUT2D eigenvalue weighted by Crippen LogP contribution is -2.30. The Morgan fingerprint density at radius 2 is 0.702 bits per heavy atom. The van der Waals surface area contributed by atoms with Crippen LogP contribution in [-0.4, -0.2) is 37.2 Å². The molecule has 0 fully saturated rings. The Hall–Kier alpha value is -1.85. The maximum atomic E-state index is 12.5. The molecule has 0 amide bonds. The second-order valence-electron chi connectivity index (χ2n) is 13.6. The molecule has 0 aromatic carbocycles. The molecule has 6 nitrogen and oxygen atoms in total. The van der Waals surface area contributed by atoms with E-state index in [9.17, 15) is 14.4 Å². The van der Waals surface area contributed by atoms with Gasteiger partial charge in [0.1, 0.15) is 13.2 Å². The van der Waals surface area contributed by atoms with Crippen molar-refractivity contribution in [3.63, 3.8) is 0 Å². The molecule has 0 bridgehead atoms. The zero-order chi connectivity index (χ0) is 34.5. The molecule has 0 rings (SSSR count). The minimum absolute atomic E-state index is 0.0704. The predicted molar refractivity (Wildman–Crippen MR) is 196 cm³/mol. The van der Waals surface area contributed by atoms with Crippen LogP contribution in [0.3, 0.4) is 0 Å². The van der Waals surface area contributed by atoms with Crippen molar-refractivity contribution in [1.82, 2.24) is 0 Å². The van der Waals surface area contributed by atoms with Crippen molar-refractivity contribution in [3.05, 3.63) is 12.2 Å². The van der Waals surface area contributed by atoms with Crippen LogP contribution < -0.4 is 0 Å². The number of hydrogen-bond acceptors (Lipinski definition) is 6. The van der Waals surface area contributed by atoms with Crippen molar-refractivity contribution < 1.29 is 28.6 Å². The first-order valence-corrected chi connectivity index (χ1v) is 20.2. The molecule has 0 aliphatic heterocycles. The van der Waals surface area contributed by atoms with Crippen LogP contribution in [0.5, 0.6) is 0 Å². The normalized spacial score (nSPS) is 12.0. The minimum atomic E-state index is -0.761. The van der Waals surface area contributed by atoms with Crippen molar-refractivity contribution in [2.75, 3.05) is 13.2 Å². The van der Waals surface area contributed by atoms with E-state index in [-0.39, 0.29) is 31.1 Å². The maximum Gasteiger partial charge on any atom is 0.306 e. The Kier molecular flexibility index (Phi) is 35.5. The first-order valence-electron chi connectivity index (χ1n) is 20.2. The van der Waals surface area contributed by atoms with E-state index in [0.717, 1.165) is 64.2 Å². The highest BCUT2D eigenvalue weighted by Gasteiger charge is 2.19. The summed E-state index contributed by atoms with van der Waals surface area (Å²) < 4.78 is 16.5. The molecule has 0 saturated heterocycles. The molecular weight excluding hydrogens is 588 g/mol. The number of allylic oxidation sites excluding steroid dienone is 2. The van der Waals surface area contributed by atoms with Gasteiger partial charge in [0.25, 0.3) is 0 Å². The van der Waals surface area contributed by atoms with Gasteiger partial charge in [0.15, 0.2) is 6.10 Å². The van der Waals surface area contributed by atoms with Gasteiger partial charge in [0, 0.05) is 19.3 Å². The first-order chi connectivity index (χ1) is 23.0. The van der Waals surface area contributed by atoms with Crippen LogP contribution in [0.2, 0.25) is 0 Å². The molecule has 0 aromatic heterocycles. The highest BCUT2D eigenvalue weighted by molar-refractivity contribution is 5.71. The fraction of sp³-hybridized carbons (Fsp3) is 0.878. The highest BCUT2D eigenvalue weighted by atomic mass is 16.6. The molecule has 6 heteroatoms. The Bertz CT molecular complexity index is 733. The Balaban J connectivity index is 4.29. The van der Waals surface area contributed by atoms with Crippen LogP contribution in [0.15, 0.2) is 12.2 Å². The van der Waals surface area contributed by atoms with Gasteiger partial charge in [-0.1, -0.05) is 161 Å². The fourth-order valence-corrected chi connectivity index (χ4v) is 5.67. The van der Waals surface area contributed by atoms with E-state index >= 15 is 0 Å². The quantitative estimate of drug-likeness (QED) is 0.0287. The molecule has 0 N–H and O–H groups in total. The monoisotopic (exact) mass is 665 g/mol. The van der Waals surface area contributed by atoms with E-state index in [1.165, 1.54) is 109 Å². The Morgan fingerprint density at radius 3 is 1.06 bits per heavy atom. The summed E-state index contributed by atoms with van der Waals surface area (Å²) in [6.45, 7) is 6.53. The Morgan fingerprint density at radius 1 is 0.404 bits per heavy atom.